The number of H-pyrrole nitrogens is 1. The van der Waals surface area contributed by atoms with Crippen LogP contribution < -0.4 is 15.4 Å². The predicted molar refractivity (Wildman–Crippen MR) is 127 cm³/mol. The van der Waals surface area contributed by atoms with Crippen LogP contribution in [0, 0.1) is 6.92 Å². The van der Waals surface area contributed by atoms with Crippen LogP contribution in [0.4, 0.5) is 0 Å². The van der Waals surface area contributed by atoms with Crippen LogP contribution in [-0.2, 0) is 13.0 Å². The van der Waals surface area contributed by atoms with E-state index in [4.69, 9.17) is 4.74 Å². The average Bonchev–Trinajstić information content (AvgIpc) is 3.27. The zero-order chi connectivity index (χ0) is 19.8. The molecule has 3 rings (SSSR count). The molecule has 0 unspecified atom stereocenters. The van der Waals surface area contributed by atoms with Gasteiger partial charge in [-0.05, 0) is 42.2 Å². The first-order chi connectivity index (χ1) is 13.7. The van der Waals surface area contributed by atoms with Crippen molar-refractivity contribution in [2.45, 2.75) is 19.9 Å². The van der Waals surface area contributed by atoms with E-state index in [2.05, 4.69) is 61.1 Å². The Kier molecular flexibility index (Phi) is 8.91. The van der Waals surface area contributed by atoms with Crippen molar-refractivity contribution in [3.63, 3.8) is 0 Å². The van der Waals surface area contributed by atoms with Gasteiger partial charge in [0.2, 0.25) is 0 Å². The quantitative estimate of drug-likeness (QED) is 0.260. The highest BCUT2D eigenvalue weighted by molar-refractivity contribution is 14.0. The molecule has 0 saturated heterocycles. The number of aromatic nitrogens is 3. The molecule has 1 heterocycles. The van der Waals surface area contributed by atoms with Crippen LogP contribution in [0.5, 0.6) is 5.75 Å². The number of rotatable bonds is 7. The Morgan fingerprint density at radius 2 is 2.00 bits per heavy atom. The number of benzene rings is 2. The van der Waals surface area contributed by atoms with Crippen molar-refractivity contribution in [1.82, 2.24) is 25.8 Å². The fourth-order valence-corrected chi connectivity index (χ4v) is 2.92. The largest absolute Gasteiger partial charge is 0.496 e. The van der Waals surface area contributed by atoms with Crippen LogP contribution in [0.1, 0.15) is 16.7 Å². The van der Waals surface area contributed by atoms with Gasteiger partial charge in [-0.2, -0.15) is 5.10 Å². The van der Waals surface area contributed by atoms with Gasteiger partial charge in [-0.3, -0.25) is 10.1 Å². The fourth-order valence-electron chi connectivity index (χ4n) is 2.92. The first-order valence-corrected chi connectivity index (χ1v) is 9.22. The molecule has 0 amide bonds. The van der Waals surface area contributed by atoms with Crippen molar-refractivity contribution in [2.75, 3.05) is 20.7 Å². The third kappa shape index (κ3) is 6.45. The smallest absolute Gasteiger partial charge is 0.191 e. The summed E-state index contributed by atoms with van der Waals surface area (Å²) >= 11 is 0. The van der Waals surface area contributed by atoms with Gasteiger partial charge < -0.3 is 15.4 Å². The molecule has 1 aromatic heterocycles. The lowest BCUT2D eigenvalue weighted by atomic mass is 10.1. The van der Waals surface area contributed by atoms with E-state index in [1.165, 1.54) is 11.9 Å². The first kappa shape index (κ1) is 22.7. The molecule has 0 bridgehead atoms. The van der Waals surface area contributed by atoms with E-state index in [9.17, 15) is 0 Å². The molecule has 0 fully saturated rings. The molecule has 0 saturated carbocycles. The van der Waals surface area contributed by atoms with E-state index >= 15 is 0 Å². The van der Waals surface area contributed by atoms with Crippen LogP contribution >= 0.6 is 24.0 Å². The van der Waals surface area contributed by atoms with E-state index in [1.54, 1.807) is 14.2 Å². The van der Waals surface area contributed by atoms with Crippen molar-refractivity contribution in [2.24, 2.45) is 4.99 Å². The Morgan fingerprint density at radius 1 is 1.14 bits per heavy atom. The second-order valence-electron chi connectivity index (χ2n) is 6.44. The summed E-state index contributed by atoms with van der Waals surface area (Å²) in [7, 11) is 3.47. The number of ether oxygens (including phenoxy) is 1. The molecule has 0 aliphatic heterocycles. The zero-order valence-electron chi connectivity index (χ0n) is 16.9. The molecule has 7 nitrogen and oxygen atoms in total. The molecular formula is C21H27IN6O. The molecule has 0 radical (unpaired) electrons. The lowest BCUT2D eigenvalue weighted by Crippen LogP contribution is -2.37. The van der Waals surface area contributed by atoms with E-state index in [1.807, 2.05) is 19.1 Å². The first-order valence-electron chi connectivity index (χ1n) is 9.22. The molecule has 154 valence electrons. The van der Waals surface area contributed by atoms with Crippen LogP contribution in [0.2, 0.25) is 0 Å². The van der Waals surface area contributed by atoms with E-state index in [0.717, 1.165) is 47.2 Å². The molecule has 3 N–H and O–H groups in total. The van der Waals surface area contributed by atoms with Crippen LogP contribution in [0.25, 0.3) is 11.4 Å². The van der Waals surface area contributed by atoms with Gasteiger partial charge in [-0.25, -0.2) is 4.98 Å². The number of nitrogens with zero attached hydrogens (tertiary/aromatic N) is 3. The maximum atomic E-state index is 5.39. The Bertz CT molecular complexity index is 927. The second-order valence-corrected chi connectivity index (χ2v) is 6.44. The summed E-state index contributed by atoms with van der Waals surface area (Å²) in [5.74, 6) is 2.45. The molecule has 29 heavy (non-hydrogen) atoms. The highest BCUT2D eigenvalue weighted by Crippen LogP contribution is 2.19. The number of aromatic amines is 1. The summed E-state index contributed by atoms with van der Waals surface area (Å²) in [4.78, 5) is 8.49. The molecule has 0 spiro atoms. The maximum Gasteiger partial charge on any atom is 0.191 e. The van der Waals surface area contributed by atoms with Gasteiger partial charge in [-0.1, -0.05) is 30.3 Å². The molecule has 8 heteroatoms. The minimum absolute atomic E-state index is 0. The van der Waals surface area contributed by atoms with E-state index in [-0.39, 0.29) is 24.0 Å². The van der Waals surface area contributed by atoms with Gasteiger partial charge in [0.25, 0.3) is 0 Å². The van der Waals surface area contributed by atoms with E-state index < -0.39 is 0 Å². The third-order valence-corrected chi connectivity index (χ3v) is 4.48. The lowest BCUT2D eigenvalue weighted by molar-refractivity contribution is 0.411. The lowest BCUT2D eigenvalue weighted by Gasteiger charge is -2.13. The van der Waals surface area contributed by atoms with Gasteiger partial charge >= 0.3 is 0 Å². The van der Waals surface area contributed by atoms with Gasteiger partial charge in [0.15, 0.2) is 11.8 Å². The highest BCUT2D eigenvalue weighted by Gasteiger charge is 2.04. The number of hydrogen-bond donors (Lipinski definition) is 3. The van der Waals surface area contributed by atoms with Gasteiger partial charge in [0.05, 0.1) is 7.11 Å². The average molecular weight is 506 g/mol. The molecule has 2 aromatic carbocycles. The Morgan fingerprint density at radius 3 is 2.72 bits per heavy atom. The number of nitrogens with one attached hydrogen (secondary N) is 3. The number of methoxy groups -OCH3 is 1. The second kappa shape index (κ2) is 11.4. The summed E-state index contributed by atoms with van der Waals surface area (Å²) in [5.41, 5.74) is 4.52. The number of guanidine groups is 1. The molecular weight excluding hydrogens is 479 g/mol. The topological polar surface area (TPSA) is 87.2 Å². The third-order valence-electron chi connectivity index (χ3n) is 4.48. The van der Waals surface area contributed by atoms with Crippen molar-refractivity contribution < 1.29 is 4.74 Å². The Hall–Kier alpha value is -2.62. The van der Waals surface area contributed by atoms with Crippen molar-refractivity contribution in [3.8, 4) is 17.1 Å². The fraction of sp³-hybridized carbons (Fsp3) is 0.286. The standard InChI is InChI=1S/C21H26N6O.HI/c1-15-7-8-16(12-19(15)28-3)9-10-23-21(22-2)24-13-17-5-4-6-18(11-17)20-25-14-26-27-20;/h4-8,11-12,14H,9-10,13H2,1-3H3,(H2,22,23,24)(H,25,26,27);1H. The summed E-state index contributed by atoms with van der Waals surface area (Å²) in [6.07, 6.45) is 2.40. The Labute approximate surface area is 188 Å². The predicted octanol–water partition coefficient (Wildman–Crippen LogP) is 3.31. The minimum atomic E-state index is 0. The highest BCUT2D eigenvalue weighted by atomic mass is 127. The maximum absolute atomic E-state index is 5.39. The summed E-state index contributed by atoms with van der Waals surface area (Å²) < 4.78 is 5.39. The molecule has 0 atom stereocenters. The monoisotopic (exact) mass is 506 g/mol. The van der Waals surface area contributed by atoms with Crippen LogP contribution in [0.3, 0.4) is 0 Å². The number of aryl methyl sites for hydroxylation is 1. The van der Waals surface area contributed by atoms with Crippen LogP contribution in [0.15, 0.2) is 53.8 Å². The zero-order valence-corrected chi connectivity index (χ0v) is 19.2. The van der Waals surface area contributed by atoms with Crippen molar-refractivity contribution >= 4 is 29.9 Å². The van der Waals surface area contributed by atoms with Crippen LogP contribution in [-0.4, -0.2) is 41.8 Å². The molecule has 3 aromatic rings. The SMILES string of the molecule is CN=C(NCCc1ccc(C)c(OC)c1)NCc1cccc(-c2ncn[nH]2)c1.I. The summed E-state index contributed by atoms with van der Waals surface area (Å²) in [5, 5.41) is 13.5. The molecule has 0 aliphatic carbocycles. The normalized spacial score (nSPS) is 10.9. The number of aliphatic imine (C=N–C) groups is 1. The van der Waals surface area contributed by atoms with Gasteiger partial charge in [0, 0.05) is 25.7 Å². The van der Waals surface area contributed by atoms with Crippen molar-refractivity contribution in [3.05, 3.63) is 65.5 Å². The van der Waals surface area contributed by atoms with Gasteiger partial charge in [-0.15, -0.1) is 24.0 Å². The molecule has 0 aliphatic rings. The van der Waals surface area contributed by atoms with Gasteiger partial charge in [0.1, 0.15) is 12.1 Å². The number of halogens is 1. The minimum Gasteiger partial charge on any atom is -0.496 e. The Balaban J connectivity index is 0.00000300. The van der Waals surface area contributed by atoms with Crippen molar-refractivity contribution in [1.29, 1.82) is 0 Å². The number of hydrogen-bond acceptors (Lipinski definition) is 4. The summed E-state index contributed by atoms with van der Waals surface area (Å²) in [6.45, 7) is 3.49. The summed E-state index contributed by atoms with van der Waals surface area (Å²) in [6, 6.07) is 14.5. The van der Waals surface area contributed by atoms with E-state index in [0.29, 0.717) is 6.54 Å².